The topological polar surface area (TPSA) is 32.3 Å². The second-order valence-corrected chi connectivity index (χ2v) is 6.31. The Kier molecular flexibility index (Phi) is 3.62. The number of hydrogen-bond acceptors (Lipinski definition) is 4. The summed E-state index contributed by atoms with van der Waals surface area (Å²) in [6, 6.07) is 0.0790. The third-order valence-corrected chi connectivity index (χ3v) is 4.64. The van der Waals surface area contributed by atoms with Gasteiger partial charge in [0.1, 0.15) is 0 Å². The van der Waals surface area contributed by atoms with Crippen LogP contribution in [0.3, 0.4) is 0 Å². The first kappa shape index (κ1) is 10.6. The highest BCUT2D eigenvalue weighted by atomic mass is 32.2. The van der Waals surface area contributed by atoms with Crippen LogP contribution >= 0.6 is 23.5 Å². The lowest BCUT2D eigenvalue weighted by Crippen LogP contribution is -2.49. The molecule has 3 nitrogen and oxygen atoms in total. The van der Waals surface area contributed by atoms with Crippen molar-refractivity contribution in [3.05, 3.63) is 0 Å². The summed E-state index contributed by atoms with van der Waals surface area (Å²) in [7, 11) is 0. The Morgan fingerprint density at radius 2 is 2.43 bits per heavy atom. The maximum atomic E-state index is 12.0. The lowest BCUT2D eigenvalue weighted by Gasteiger charge is -2.32. The van der Waals surface area contributed by atoms with Gasteiger partial charge in [0.15, 0.2) is 0 Å². The van der Waals surface area contributed by atoms with Crippen molar-refractivity contribution in [2.75, 3.05) is 30.5 Å². The van der Waals surface area contributed by atoms with Crippen LogP contribution in [-0.2, 0) is 4.79 Å². The van der Waals surface area contributed by atoms with E-state index in [1.165, 1.54) is 0 Å². The third kappa shape index (κ3) is 2.38. The van der Waals surface area contributed by atoms with E-state index in [1.807, 2.05) is 28.4 Å². The molecule has 0 bridgehead atoms. The minimum atomic E-state index is 0.0790. The summed E-state index contributed by atoms with van der Waals surface area (Å²) >= 11 is 3.77. The third-order valence-electron chi connectivity index (χ3n) is 2.57. The number of rotatable bonds is 1. The van der Waals surface area contributed by atoms with Crippen LogP contribution in [0.4, 0.5) is 0 Å². The molecule has 0 spiro atoms. The average Bonchev–Trinajstić information content (AvgIpc) is 2.69. The van der Waals surface area contributed by atoms with Crippen LogP contribution in [0.25, 0.3) is 0 Å². The summed E-state index contributed by atoms with van der Waals surface area (Å²) in [5.41, 5.74) is 0. The first-order chi connectivity index (χ1) is 6.77. The van der Waals surface area contributed by atoms with Gasteiger partial charge in [-0.25, -0.2) is 0 Å². The van der Waals surface area contributed by atoms with Gasteiger partial charge in [-0.2, -0.15) is 11.8 Å². The highest BCUT2D eigenvalue weighted by Crippen LogP contribution is 2.20. The second kappa shape index (κ2) is 4.77. The van der Waals surface area contributed by atoms with Crippen LogP contribution in [0.5, 0.6) is 0 Å². The SMILES string of the molecule is CC1CN(C(=O)[C@H]2CSCN2)CCS1. The van der Waals surface area contributed by atoms with Crippen molar-refractivity contribution in [2.24, 2.45) is 0 Å². The lowest BCUT2D eigenvalue weighted by molar-refractivity contribution is -0.132. The maximum absolute atomic E-state index is 12.0. The Hall–Kier alpha value is 0.130. The molecule has 0 radical (unpaired) electrons. The smallest absolute Gasteiger partial charge is 0.240 e. The van der Waals surface area contributed by atoms with E-state index in [0.29, 0.717) is 11.2 Å². The molecule has 0 aliphatic carbocycles. The van der Waals surface area contributed by atoms with Crippen molar-refractivity contribution >= 4 is 29.4 Å². The van der Waals surface area contributed by atoms with Crippen LogP contribution in [-0.4, -0.2) is 52.6 Å². The molecule has 14 heavy (non-hydrogen) atoms. The summed E-state index contributed by atoms with van der Waals surface area (Å²) < 4.78 is 0. The Morgan fingerprint density at radius 3 is 3.07 bits per heavy atom. The van der Waals surface area contributed by atoms with Gasteiger partial charge in [-0.1, -0.05) is 6.92 Å². The molecule has 2 aliphatic rings. The minimum absolute atomic E-state index is 0.0790. The van der Waals surface area contributed by atoms with Crippen LogP contribution in [0.15, 0.2) is 0 Å². The van der Waals surface area contributed by atoms with Crippen LogP contribution in [0, 0.1) is 0 Å². The van der Waals surface area contributed by atoms with Crippen molar-refractivity contribution in [2.45, 2.75) is 18.2 Å². The van der Waals surface area contributed by atoms with Crippen LogP contribution in [0.2, 0.25) is 0 Å². The lowest BCUT2D eigenvalue weighted by atomic mass is 10.2. The monoisotopic (exact) mass is 232 g/mol. The summed E-state index contributed by atoms with van der Waals surface area (Å²) in [6.07, 6.45) is 0. The van der Waals surface area contributed by atoms with E-state index in [-0.39, 0.29) is 6.04 Å². The quantitative estimate of drug-likeness (QED) is 0.718. The van der Waals surface area contributed by atoms with E-state index in [1.54, 1.807) is 0 Å². The maximum Gasteiger partial charge on any atom is 0.240 e. The van der Waals surface area contributed by atoms with Crippen molar-refractivity contribution < 1.29 is 4.79 Å². The van der Waals surface area contributed by atoms with E-state index < -0.39 is 0 Å². The molecule has 5 heteroatoms. The summed E-state index contributed by atoms with van der Waals surface area (Å²) in [6.45, 7) is 4.05. The van der Waals surface area contributed by atoms with E-state index in [2.05, 4.69) is 12.2 Å². The second-order valence-electron chi connectivity index (χ2n) is 3.74. The van der Waals surface area contributed by atoms with E-state index in [0.717, 1.165) is 30.5 Å². The molecule has 2 fully saturated rings. The fraction of sp³-hybridized carbons (Fsp3) is 0.889. The molecule has 1 amide bonds. The highest BCUT2D eigenvalue weighted by molar-refractivity contribution is 8.00. The molecule has 2 aliphatic heterocycles. The van der Waals surface area contributed by atoms with Crippen LogP contribution < -0.4 is 5.32 Å². The number of nitrogens with one attached hydrogen (secondary N) is 1. The van der Waals surface area contributed by atoms with Gasteiger partial charge >= 0.3 is 0 Å². The molecule has 0 saturated carbocycles. The van der Waals surface area contributed by atoms with Gasteiger partial charge in [0.2, 0.25) is 5.91 Å². The predicted molar refractivity (Wildman–Crippen MR) is 62.7 cm³/mol. The van der Waals surface area contributed by atoms with Crippen LogP contribution in [0.1, 0.15) is 6.92 Å². The number of carbonyl (C=O) groups is 1. The Balaban J connectivity index is 1.89. The minimum Gasteiger partial charge on any atom is -0.339 e. The van der Waals surface area contributed by atoms with Gasteiger partial charge in [0.25, 0.3) is 0 Å². The van der Waals surface area contributed by atoms with E-state index in [4.69, 9.17) is 0 Å². The summed E-state index contributed by atoms with van der Waals surface area (Å²) in [4.78, 5) is 14.0. The standard InChI is InChI=1S/C9H16N2OS2/c1-7-4-11(2-3-14-7)9(12)8-5-13-6-10-8/h7-8,10H,2-6H2,1H3/t7?,8-/m1/s1. The number of carbonyl (C=O) groups excluding carboxylic acids is 1. The molecule has 2 atom stereocenters. The van der Waals surface area contributed by atoms with Crippen molar-refractivity contribution in [3.63, 3.8) is 0 Å². The first-order valence-electron chi connectivity index (χ1n) is 4.99. The van der Waals surface area contributed by atoms with Gasteiger partial charge in [-0.15, -0.1) is 11.8 Å². The van der Waals surface area contributed by atoms with Gasteiger partial charge in [-0.05, 0) is 0 Å². The number of amides is 1. The molecule has 0 aromatic heterocycles. The van der Waals surface area contributed by atoms with Gasteiger partial charge in [0.05, 0.1) is 6.04 Å². The van der Waals surface area contributed by atoms with Crippen molar-refractivity contribution in [1.82, 2.24) is 10.2 Å². The Bertz CT molecular complexity index is 219. The summed E-state index contributed by atoms with van der Waals surface area (Å²) in [5.74, 6) is 3.26. The predicted octanol–water partition coefficient (Wildman–Crippen LogP) is 0.613. The number of thioether (sulfide) groups is 2. The zero-order valence-electron chi connectivity index (χ0n) is 8.36. The Labute approximate surface area is 93.4 Å². The molecule has 2 rings (SSSR count). The van der Waals surface area contributed by atoms with E-state index in [9.17, 15) is 4.79 Å². The zero-order chi connectivity index (χ0) is 9.97. The molecule has 2 saturated heterocycles. The fourth-order valence-corrected chi connectivity index (χ4v) is 3.74. The fourth-order valence-electron chi connectivity index (χ4n) is 1.79. The Morgan fingerprint density at radius 1 is 1.57 bits per heavy atom. The van der Waals surface area contributed by atoms with Crippen molar-refractivity contribution in [3.8, 4) is 0 Å². The van der Waals surface area contributed by atoms with Gasteiger partial charge in [0, 0.05) is 35.7 Å². The molecule has 1 N–H and O–H groups in total. The molecule has 1 unspecified atom stereocenters. The normalized spacial score (nSPS) is 33.4. The molecule has 0 aromatic rings. The average molecular weight is 232 g/mol. The molecule has 80 valence electrons. The molecular weight excluding hydrogens is 216 g/mol. The molecule has 2 heterocycles. The molecular formula is C9H16N2OS2. The van der Waals surface area contributed by atoms with E-state index >= 15 is 0 Å². The first-order valence-corrected chi connectivity index (χ1v) is 7.19. The number of hydrogen-bond donors (Lipinski definition) is 1. The zero-order valence-corrected chi connectivity index (χ0v) is 10.00. The number of nitrogens with zero attached hydrogens (tertiary/aromatic N) is 1. The highest BCUT2D eigenvalue weighted by Gasteiger charge is 2.29. The largest absolute Gasteiger partial charge is 0.339 e. The van der Waals surface area contributed by atoms with Gasteiger partial charge in [-0.3, -0.25) is 10.1 Å². The van der Waals surface area contributed by atoms with Crippen molar-refractivity contribution in [1.29, 1.82) is 0 Å². The van der Waals surface area contributed by atoms with Gasteiger partial charge < -0.3 is 4.90 Å². The summed E-state index contributed by atoms with van der Waals surface area (Å²) in [5, 5.41) is 3.83. The molecule has 0 aromatic carbocycles.